The summed E-state index contributed by atoms with van der Waals surface area (Å²) in [5.74, 6) is -0.111. The number of amides is 2. The minimum atomic E-state index is -0.474. The quantitative estimate of drug-likeness (QED) is 0.750. The maximum Gasteiger partial charge on any atom is 0.242 e. The Hall–Kier alpha value is -2.62. The van der Waals surface area contributed by atoms with E-state index in [1.165, 1.54) is 0 Å². The fourth-order valence-corrected chi connectivity index (χ4v) is 3.47. The molecule has 0 bridgehead atoms. The van der Waals surface area contributed by atoms with Gasteiger partial charge in [-0.25, -0.2) is 0 Å². The lowest BCUT2D eigenvalue weighted by atomic mass is 10.0. The number of hydrogen-bond acceptors (Lipinski definition) is 2. The highest BCUT2D eigenvalue weighted by atomic mass is 16.2. The number of benzene rings is 2. The lowest BCUT2D eigenvalue weighted by Gasteiger charge is -2.31. The van der Waals surface area contributed by atoms with Crippen molar-refractivity contribution in [3.63, 3.8) is 0 Å². The van der Waals surface area contributed by atoms with E-state index >= 15 is 0 Å². The Kier molecular flexibility index (Phi) is 7.80. The van der Waals surface area contributed by atoms with Crippen LogP contribution in [0.15, 0.2) is 42.5 Å². The Balaban J connectivity index is 2.33. The fraction of sp³-hybridized carbons (Fsp3) is 0.417. The first-order chi connectivity index (χ1) is 13.3. The summed E-state index contributed by atoms with van der Waals surface area (Å²) in [6.45, 7) is 10.9. The predicted molar refractivity (Wildman–Crippen MR) is 114 cm³/mol. The Morgan fingerprint density at radius 1 is 1.00 bits per heavy atom. The van der Waals surface area contributed by atoms with Gasteiger partial charge in [0.15, 0.2) is 0 Å². The lowest BCUT2D eigenvalue weighted by molar-refractivity contribution is -0.140. The van der Waals surface area contributed by atoms with Crippen LogP contribution in [0, 0.1) is 20.8 Å². The van der Waals surface area contributed by atoms with Crippen molar-refractivity contribution in [2.75, 3.05) is 6.54 Å². The largest absolute Gasteiger partial charge is 0.355 e. The highest BCUT2D eigenvalue weighted by molar-refractivity contribution is 5.88. The van der Waals surface area contributed by atoms with Crippen molar-refractivity contribution < 1.29 is 9.59 Å². The second-order valence-corrected chi connectivity index (χ2v) is 7.44. The van der Waals surface area contributed by atoms with Crippen LogP contribution in [0.25, 0.3) is 0 Å². The van der Waals surface area contributed by atoms with Crippen LogP contribution in [-0.4, -0.2) is 29.3 Å². The molecule has 150 valence electrons. The van der Waals surface area contributed by atoms with Gasteiger partial charge in [-0.2, -0.15) is 0 Å². The highest BCUT2D eigenvalue weighted by Crippen LogP contribution is 2.18. The summed E-state index contributed by atoms with van der Waals surface area (Å²) in [6.07, 6.45) is 0.880. The van der Waals surface area contributed by atoms with E-state index in [1.54, 1.807) is 4.90 Å². The summed E-state index contributed by atoms with van der Waals surface area (Å²) in [4.78, 5) is 27.7. The first kappa shape index (κ1) is 21.7. The number of likely N-dealkylation sites (N-methyl/N-ethyl adjacent to an activating group) is 1. The van der Waals surface area contributed by atoms with E-state index in [-0.39, 0.29) is 11.8 Å². The molecule has 0 aliphatic carbocycles. The standard InChI is InChI=1S/C24H32N2O2/c1-6-22(24(28)25-7-2)26(16-20-10-8-9-17(3)13-20)23(27)15-21-14-18(4)11-12-19(21)5/h8-14,22H,6-7,15-16H2,1-5H3,(H,25,28). The number of nitrogens with zero attached hydrogens (tertiary/aromatic N) is 1. The van der Waals surface area contributed by atoms with Crippen molar-refractivity contribution in [2.24, 2.45) is 0 Å². The van der Waals surface area contributed by atoms with Crippen LogP contribution in [0.1, 0.15) is 48.1 Å². The third kappa shape index (κ3) is 5.69. The summed E-state index contributed by atoms with van der Waals surface area (Å²) in [6, 6.07) is 13.8. The van der Waals surface area contributed by atoms with Gasteiger partial charge in [0.2, 0.25) is 11.8 Å². The summed E-state index contributed by atoms with van der Waals surface area (Å²) >= 11 is 0. The molecule has 0 aromatic heterocycles. The van der Waals surface area contributed by atoms with Gasteiger partial charge in [-0.3, -0.25) is 9.59 Å². The number of rotatable bonds is 8. The minimum absolute atomic E-state index is 0.0201. The smallest absolute Gasteiger partial charge is 0.242 e. The molecule has 0 saturated heterocycles. The average molecular weight is 381 g/mol. The molecule has 4 nitrogen and oxygen atoms in total. The predicted octanol–water partition coefficient (Wildman–Crippen LogP) is 4.10. The zero-order valence-electron chi connectivity index (χ0n) is 17.7. The maximum atomic E-state index is 13.3. The molecule has 2 aromatic carbocycles. The van der Waals surface area contributed by atoms with Crippen LogP contribution < -0.4 is 5.32 Å². The number of carbonyl (C=O) groups is 2. The average Bonchev–Trinajstić information content (AvgIpc) is 2.64. The van der Waals surface area contributed by atoms with Crippen molar-refractivity contribution in [2.45, 2.75) is 60.0 Å². The Morgan fingerprint density at radius 2 is 1.71 bits per heavy atom. The van der Waals surface area contributed by atoms with Crippen molar-refractivity contribution in [1.82, 2.24) is 10.2 Å². The van der Waals surface area contributed by atoms with Crippen LogP contribution in [0.3, 0.4) is 0 Å². The normalized spacial score (nSPS) is 11.8. The summed E-state index contributed by atoms with van der Waals surface area (Å²) in [7, 11) is 0. The maximum absolute atomic E-state index is 13.3. The van der Waals surface area contributed by atoms with Gasteiger partial charge in [0.1, 0.15) is 6.04 Å². The van der Waals surface area contributed by atoms with E-state index in [0.717, 1.165) is 27.8 Å². The number of nitrogens with one attached hydrogen (secondary N) is 1. The van der Waals surface area contributed by atoms with E-state index in [0.29, 0.717) is 25.9 Å². The third-order valence-electron chi connectivity index (χ3n) is 5.02. The number of carbonyl (C=O) groups excluding carboxylic acids is 2. The molecule has 28 heavy (non-hydrogen) atoms. The van der Waals surface area contributed by atoms with Gasteiger partial charge in [-0.15, -0.1) is 0 Å². The molecule has 0 fully saturated rings. The van der Waals surface area contributed by atoms with Crippen molar-refractivity contribution in [3.8, 4) is 0 Å². The molecule has 2 rings (SSSR count). The first-order valence-electron chi connectivity index (χ1n) is 10.0. The van der Waals surface area contributed by atoms with E-state index in [1.807, 2.05) is 58.9 Å². The van der Waals surface area contributed by atoms with Gasteiger partial charge in [0.25, 0.3) is 0 Å². The zero-order chi connectivity index (χ0) is 20.7. The van der Waals surface area contributed by atoms with Gasteiger partial charge >= 0.3 is 0 Å². The first-order valence-corrected chi connectivity index (χ1v) is 10.0. The molecule has 2 amide bonds. The molecule has 1 atom stereocenters. The number of aryl methyl sites for hydroxylation is 3. The van der Waals surface area contributed by atoms with Gasteiger partial charge in [0, 0.05) is 13.1 Å². The van der Waals surface area contributed by atoms with Crippen molar-refractivity contribution in [1.29, 1.82) is 0 Å². The van der Waals surface area contributed by atoms with Gasteiger partial charge in [-0.1, -0.05) is 60.5 Å². The molecule has 0 aliphatic heterocycles. The SMILES string of the molecule is CCNC(=O)C(CC)N(Cc1cccc(C)c1)C(=O)Cc1cc(C)ccc1C. The Bertz CT molecular complexity index is 829. The van der Waals surface area contributed by atoms with Gasteiger partial charge in [-0.05, 0) is 50.8 Å². The molecule has 0 radical (unpaired) electrons. The molecule has 0 spiro atoms. The van der Waals surface area contributed by atoms with E-state index in [2.05, 4.69) is 23.5 Å². The third-order valence-corrected chi connectivity index (χ3v) is 5.02. The molecule has 1 N–H and O–H groups in total. The summed E-state index contributed by atoms with van der Waals surface area (Å²) < 4.78 is 0. The fourth-order valence-electron chi connectivity index (χ4n) is 3.47. The van der Waals surface area contributed by atoms with Gasteiger partial charge in [0.05, 0.1) is 6.42 Å². The molecule has 0 aliphatic rings. The number of hydrogen-bond donors (Lipinski definition) is 1. The minimum Gasteiger partial charge on any atom is -0.355 e. The van der Waals surface area contributed by atoms with E-state index < -0.39 is 6.04 Å². The second kappa shape index (κ2) is 10.1. The monoisotopic (exact) mass is 380 g/mol. The van der Waals surface area contributed by atoms with Crippen LogP contribution in [0.2, 0.25) is 0 Å². The van der Waals surface area contributed by atoms with Crippen LogP contribution >= 0.6 is 0 Å². The lowest BCUT2D eigenvalue weighted by Crippen LogP contribution is -2.49. The van der Waals surface area contributed by atoms with Crippen LogP contribution in [-0.2, 0) is 22.6 Å². The van der Waals surface area contributed by atoms with Crippen molar-refractivity contribution >= 4 is 11.8 Å². The molecule has 1 unspecified atom stereocenters. The molecular formula is C24H32N2O2. The van der Waals surface area contributed by atoms with E-state index in [4.69, 9.17) is 0 Å². The van der Waals surface area contributed by atoms with Crippen molar-refractivity contribution in [3.05, 3.63) is 70.3 Å². The molecule has 0 saturated carbocycles. The molecule has 4 heteroatoms. The molecular weight excluding hydrogens is 348 g/mol. The van der Waals surface area contributed by atoms with Crippen LogP contribution in [0.4, 0.5) is 0 Å². The summed E-state index contributed by atoms with van der Waals surface area (Å²) in [5, 5.41) is 2.88. The Morgan fingerprint density at radius 3 is 2.36 bits per heavy atom. The van der Waals surface area contributed by atoms with Gasteiger partial charge < -0.3 is 10.2 Å². The summed E-state index contributed by atoms with van der Waals surface area (Å²) in [5.41, 5.74) is 5.43. The molecule has 2 aromatic rings. The van der Waals surface area contributed by atoms with E-state index in [9.17, 15) is 9.59 Å². The topological polar surface area (TPSA) is 49.4 Å². The highest BCUT2D eigenvalue weighted by Gasteiger charge is 2.28. The van der Waals surface area contributed by atoms with Crippen LogP contribution in [0.5, 0.6) is 0 Å². The second-order valence-electron chi connectivity index (χ2n) is 7.44. The molecule has 0 heterocycles. The zero-order valence-corrected chi connectivity index (χ0v) is 17.7. The Labute approximate surface area is 169 Å².